The summed E-state index contributed by atoms with van der Waals surface area (Å²) >= 11 is 12.1. The van der Waals surface area contributed by atoms with Crippen molar-refractivity contribution in [2.24, 2.45) is 11.7 Å². The van der Waals surface area contributed by atoms with Crippen LogP contribution in [0.25, 0.3) is 16.7 Å². The Morgan fingerprint density at radius 2 is 2.13 bits per heavy atom. The largest absolute Gasteiger partial charge is 0.321 e. The lowest BCUT2D eigenvalue weighted by Gasteiger charge is -2.16. The Labute approximate surface area is 141 Å². The number of hydrogen-bond donors (Lipinski definition) is 2. The van der Waals surface area contributed by atoms with E-state index in [4.69, 9.17) is 28.9 Å². The number of halogens is 2. The van der Waals surface area contributed by atoms with Gasteiger partial charge in [0.25, 0.3) is 5.56 Å². The second-order valence-corrected chi connectivity index (χ2v) is 6.50. The van der Waals surface area contributed by atoms with Crippen molar-refractivity contribution in [2.45, 2.75) is 18.9 Å². The van der Waals surface area contributed by atoms with Crippen LogP contribution >= 0.6 is 23.2 Å². The molecule has 0 amide bonds. The van der Waals surface area contributed by atoms with Crippen LogP contribution in [-0.2, 0) is 0 Å². The molecule has 1 aliphatic rings. The second-order valence-electron chi connectivity index (χ2n) is 5.68. The Kier molecular flexibility index (Phi) is 3.41. The first-order chi connectivity index (χ1) is 11.1. The standard InChI is InChI=1S/C15H13Cl2N5O/c16-8-2-1-3-9-12(8)15(23)22(11-6-10(17)20-21-11)14(19-9)13(18)7-4-5-7/h1-3,6-7,13H,4-5,18H2,(H,20,21)/t13-/m0/s1. The van der Waals surface area contributed by atoms with Crippen molar-refractivity contribution in [3.63, 3.8) is 0 Å². The van der Waals surface area contributed by atoms with Gasteiger partial charge in [0, 0.05) is 6.07 Å². The Morgan fingerprint density at radius 3 is 2.78 bits per heavy atom. The average molecular weight is 350 g/mol. The van der Waals surface area contributed by atoms with Crippen molar-refractivity contribution < 1.29 is 0 Å². The van der Waals surface area contributed by atoms with Gasteiger partial charge in [0.2, 0.25) is 0 Å². The first-order valence-electron chi connectivity index (χ1n) is 7.24. The number of aromatic nitrogens is 4. The second kappa shape index (κ2) is 5.33. The Hall–Kier alpha value is -1.89. The molecule has 118 valence electrons. The fraction of sp³-hybridized carbons (Fsp3) is 0.267. The summed E-state index contributed by atoms with van der Waals surface area (Å²) < 4.78 is 1.40. The van der Waals surface area contributed by atoms with Gasteiger partial charge in [-0.1, -0.05) is 29.3 Å². The van der Waals surface area contributed by atoms with Crippen LogP contribution in [0.5, 0.6) is 0 Å². The molecule has 2 aromatic heterocycles. The van der Waals surface area contributed by atoms with Crippen molar-refractivity contribution in [3.05, 3.63) is 50.6 Å². The number of aromatic amines is 1. The summed E-state index contributed by atoms with van der Waals surface area (Å²) in [6.07, 6.45) is 2.07. The molecule has 0 aliphatic heterocycles. The summed E-state index contributed by atoms with van der Waals surface area (Å²) in [5, 5.41) is 7.72. The molecule has 1 aliphatic carbocycles. The fourth-order valence-electron chi connectivity index (χ4n) is 2.72. The van der Waals surface area contributed by atoms with E-state index in [1.54, 1.807) is 24.3 Å². The minimum absolute atomic E-state index is 0.296. The highest BCUT2D eigenvalue weighted by molar-refractivity contribution is 6.35. The summed E-state index contributed by atoms with van der Waals surface area (Å²) in [4.78, 5) is 17.6. The van der Waals surface area contributed by atoms with Crippen LogP contribution in [0.4, 0.5) is 0 Å². The number of hydrogen-bond acceptors (Lipinski definition) is 4. The molecule has 0 saturated heterocycles. The zero-order valence-corrected chi connectivity index (χ0v) is 13.5. The Bertz CT molecular complexity index is 960. The molecule has 0 unspecified atom stereocenters. The van der Waals surface area contributed by atoms with Gasteiger partial charge in [-0.3, -0.25) is 9.89 Å². The van der Waals surface area contributed by atoms with E-state index in [0.717, 1.165) is 12.8 Å². The van der Waals surface area contributed by atoms with Gasteiger partial charge < -0.3 is 5.73 Å². The van der Waals surface area contributed by atoms with E-state index in [1.807, 2.05) is 0 Å². The van der Waals surface area contributed by atoms with Gasteiger partial charge in [-0.2, -0.15) is 5.10 Å². The van der Waals surface area contributed by atoms with Gasteiger partial charge in [-0.15, -0.1) is 0 Å². The van der Waals surface area contributed by atoms with Gasteiger partial charge in [-0.05, 0) is 30.9 Å². The van der Waals surface area contributed by atoms with Gasteiger partial charge >= 0.3 is 0 Å². The van der Waals surface area contributed by atoms with Crippen LogP contribution in [0.3, 0.4) is 0 Å². The van der Waals surface area contributed by atoms with Gasteiger partial charge in [0.05, 0.1) is 22.0 Å². The van der Waals surface area contributed by atoms with E-state index in [-0.39, 0.29) is 11.6 Å². The lowest BCUT2D eigenvalue weighted by molar-refractivity contribution is 0.571. The quantitative estimate of drug-likeness (QED) is 0.760. The van der Waals surface area contributed by atoms with Crippen LogP contribution in [0.2, 0.25) is 10.2 Å². The van der Waals surface area contributed by atoms with Gasteiger partial charge in [0.15, 0.2) is 5.82 Å². The van der Waals surface area contributed by atoms with Crippen molar-refractivity contribution in [1.82, 2.24) is 19.7 Å². The number of fused-ring (bicyclic) bond motifs is 1. The van der Waals surface area contributed by atoms with E-state index < -0.39 is 0 Å². The minimum Gasteiger partial charge on any atom is -0.321 e. The molecule has 0 bridgehead atoms. The maximum atomic E-state index is 13.0. The molecule has 6 nitrogen and oxygen atoms in total. The summed E-state index contributed by atoms with van der Waals surface area (Å²) in [5.41, 5.74) is 6.55. The van der Waals surface area contributed by atoms with Crippen molar-refractivity contribution >= 4 is 34.1 Å². The Morgan fingerprint density at radius 1 is 1.35 bits per heavy atom. The summed E-state index contributed by atoms with van der Waals surface area (Å²) in [6.45, 7) is 0. The number of nitrogens with two attached hydrogens (primary N) is 1. The molecule has 0 radical (unpaired) electrons. The SMILES string of the molecule is N[C@H](c1nc2cccc(Cl)c2c(=O)n1-c1cc(Cl)[nH]n1)C1CC1. The molecular formula is C15H13Cl2N5O. The highest BCUT2D eigenvalue weighted by atomic mass is 35.5. The number of rotatable bonds is 3. The smallest absolute Gasteiger partial charge is 0.268 e. The van der Waals surface area contributed by atoms with Crippen molar-refractivity contribution in [1.29, 1.82) is 0 Å². The predicted molar refractivity (Wildman–Crippen MR) is 89.2 cm³/mol. The van der Waals surface area contributed by atoms with E-state index in [0.29, 0.717) is 38.6 Å². The van der Waals surface area contributed by atoms with E-state index in [2.05, 4.69) is 15.2 Å². The average Bonchev–Trinajstić information content (AvgIpc) is 3.28. The summed E-state index contributed by atoms with van der Waals surface area (Å²) in [5.74, 6) is 1.18. The lowest BCUT2D eigenvalue weighted by Crippen LogP contribution is -2.29. The topological polar surface area (TPSA) is 89.6 Å². The maximum absolute atomic E-state index is 13.0. The first kappa shape index (κ1) is 14.7. The predicted octanol–water partition coefficient (Wildman–Crippen LogP) is 2.83. The third-order valence-electron chi connectivity index (χ3n) is 4.06. The third kappa shape index (κ3) is 2.43. The highest BCUT2D eigenvalue weighted by Crippen LogP contribution is 2.39. The minimum atomic E-state index is -0.332. The molecule has 23 heavy (non-hydrogen) atoms. The number of nitrogens with one attached hydrogen (secondary N) is 1. The molecular weight excluding hydrogens is 337 g/mol. The van der Waals surface area contributed by atoms with E-state index in [9.17, 15) is 4.79 Å². The fourth-order valence-corrected chi connectivity index (χ4v) is 3.11. The molecule has 3 N–H and O–H groups in total. The van der Waals surface area contributed by atoms with Crippen LogP contribution in [0.1, 0.15) is 24.7 Å². The molecule has 2 heterocycles. The van der Waals surface area contributed by atoms with Crippen LogP contribution in [0.15, 0.2) is 29.1 Å². The normalized spacial score (nSPS) is 16.0. The number of H-pyrrole nitrogens is 1. The Balaban J connectivity index is 2.07. The zero-order valence-electron chi connectivity index (χ0n) is 12.0. The monoisotopic (exact) mass is 349 g/mol. The summed E-state index contributed by atoms with van der Waals surface area (Å²) in [6, 6.07) is 6.42. The van der Waals surface area contributed by atoms with Crippen LogP contribution < -0.4 is 11.3 Å². The molecule has 1 saturated carbocycles. The number of nitrogens with zero attached hydrogens (tertiary/aromatic N) is 3. The molecule has 0 spiro atoms. The molecule has 1 aromatic carbocycles. The van der Waals surface area contributed by atoms with E-state index >= 15 is 0 Å². The van der Waals surface area contributed by atoms with E-state index in [1.165, 1.54) is 4.57 Å². The zero-order chi connectivity index (χ0) is 16.1. The maximum Gasteiger partial charge on any atom is 0.268 e. The van der Waals surface area contributed by atoms with Crippen LogP contribution in [0, 0.1) is 5.92 Å². The van der Waals surface area contributed by atoms with Gasteiger partial charge in [0.1, 0.15) is 11.0 Å². The molecule has 3 aromatic rings. The molecule has 8 heteroatoms. The highest BCUT2D eigenvalue weighted by Gasteiger charge is 2.33. The molecule has 1 fully saturated rings. The first-order valence-corrected chi connectivity index (χ1v) is 8.00. The van der Waals surface area contributed by atoms with Crippen LogP contribution in [-0.4, -0.2) is 19.7 Å². The van der Waals surface area contributed by atoms with Crippen molar-refractivity contribution in [2.75, 3.05) is 0 Å². The van der Waals surface area contributed by atoms with Gasteiger partial charge in [-0.25, -0.2) is 9.55 Å². The third-order valence-corrected chi connectivity index (χ3v) is 4.57. The number of benzene rings is 1. The van der Waals surface area contributed by atoms with Crippen molar-refractivity contribution in [3.8, 4) is 5.82 Å². The summed E-state index contributed by atoms with van der Waals surface area (Å²) in [7, 11) is 0. The molecule has 4 rings (SSSR count). The molecule has 1 atom stereocenters. The lowest BCUT2D eigenvalue weighted by atomic mass is 10.1.